The van der Waals surface area contributed by atoms with Gasteiger partial charge >= 0.3 is 6.09 Å². The van der Waals surface area contributed by atoms with Crippen LogP contribution in [0.5, 0.6) is 0 Å². The standard InChI is InChI=1S/C25H24N2O8S/c1-36(33,34)15-10-11-20(22(12-15)27(31)32)24(29)23(28)13-26-25(30)35-14-21-18-8-4-2-6-16(18)17-7-3-5-9-19(17)21/h2-12,21,23-24,28-29H,13-14H2,1H3,(H,26,30). The number of hydrogen-bond donors (Lipinski definition) is 3. The fourth-order valence-electron chi connectivity index (χ4n) is 4.32. The van der Waals surface area contributed by atoms with E-state index in [1.54, 1.807) is 0 Å². The predicted molar refractivity (Wildman–Crippen MR) is 130 cm³/mol. The molecule has 2 unspecified atom stereocenters. The van der Waals surface area contributed by atoms with Gasteiger partial charge in [-0.2, -0.15) is 0 Å². The molecule has 0 aromatic heterocycles. The molecule has 0 saturated carbocycles. The van der Waals surface area contributed by atoms with E-state index in [4.69, 9.17) is 4.74 Å². The zero-order valence-corrected chi connectivity index (χ0v) is 20.0. The van der Waals surface area contributed by atoms with Crippen molar-refractivity contribution in [1.29, 1.82) is 0 Å². The third-order valence-electron chi connectivity index (χ3n) is 6.11. The molecule has 3 aromatic carbocycles. The second kappa shape index (κ2) is 10.1. The maximum Gasteiger partial charge on any atom is 0.407 e. The molecule has 36 heavy (non-hydrogen) atoms. The minimum absolute atomic E-state index is 0.0525. The second-order valence-electron chi connectivity index (χ2n) is 8.47. The summed E-state index contributed by atoms with van der Waals surface area (Å²) in [6.45, 7) is -0.403. The number of amides is 1. The van der Waals surface area contributed by atoms with Crippen LogP contribution in [0.15, 0.2) is 71.6 Å². The van der Waals surface area contributed by atoms with Crippen molar-refractivity contribution in [2.45, 2.75) is 23.0 Å². The number of nitro groups is 1. The van der Waals surface area contributed by atoms with E-state index in [2.05, 4.69) is 5.32 Å². The van der Waals surface area contributed by atoms with Crippen molar-refractivity contribution in [2.24, 2.45) is 0 Å². The van der Waals surface area contributed by atoms with Gasteiger partial charge in [0.15, 0.2) is 9.84 Å². The molecule has 4 rings (SSSR count). The number of aliphatic hydroxyl groups excluding tert-OH is 2. The topological polar surface area (TPSA) is 156 Å². The summed E-state index contributed by atoms with van der Waals surface area (Å²) in [5.74, 6) is -0.158. The number of benzene rings is 3. The molecular formula is C25H24N2O8S. The minimum atomic E-state index is -3.72. The Labute approximate surface area is 207 Å². The maximum atomic E-state index is 12.3. The quantitative estimate of drug-likeness (QED) is 0.307. The highest BCUT2D eigenvalue weighted by atomic mass is 32.2. The average Bonchev–Trinajstić information content (AvgIpc) is 3.18. The number of nitrogens with zero attached hydrogens (tertiary/aromatic N) is 1. The van der Waals surface area contributed by atoms with Crippen LogP contribution in [0.3, 0.4) is 0 Å². The van der Waals surface area contributed by atoms with Gasteiger partial charge in [0.05, 0.1) is 15.4 Å². The minimum Gasteiger partial charge on any atom is -0.449 e. The molecule has 10 nitrogen and oxygen atoms in total. The lowest BCUT2D eigenvalue weighted by Crippen LogP contribution is -2.36. The largest absolute Gasteiger partial charge is 0.449 e. The highest BCUT2D eigenvalue weighted by molar-refractivity contribution is 7.90. The first-order valence-corrected chi connectivity index (χ1v) is 12.9. The van der Waals surface area contributed by atoms with Gasteiger partial charge in [-0.3, -0.25) is 10.1 Å². The van der Waals surface area contributed by atoms with Crippen molar-refractivity contribution in [3.63, 3.8) is 0 Å². The van der Waals surface area contributed by atoms with E-state index in [1.165, 1.54) is 0 Å². The third kappa shape index (κ3) is 5.08. The van der Waals surface area contributed by atoms with Crippen molar-refractivity contribution in [1.82, 2.24) is 5.32 Å². The second-order valence-corrected chi connectivity index (χ2v) is 10.5. The molecule has 2 atom stereocenters. The molecule has 0 aliphatic heterocycles. The lowest BCUT2D eigenvalue weighted by atomic mass is 9.98. The molecule has 1 aliphatic rings. The number of alkyl carbamates (subject to hydrolysis) is 1. The van der Waals surface area contributed by atoms with E-state index in [-0.39, 0.29) is 23.0 Å². The number of ether oxygens (including phenoxy) is 1. The van der Waals surface area contributed by atoms with Crippen LogP contribution in [-0.4, -0.2) is 55.2 Å². The molecule has 11 heteroatoms. The molecule has 0 bridgehead atoms. The fourth-order valence-corrected chi connectivity index (χ4v) is 4.96. The van der Waals surface area contributed by atoms with Crippen LogP contribution in [-0.2, 0) is 14.6 Å². The van der Waals surface area contributed by atoms with E-state index in [1.807, 2.05) is 48.5 Å². The van der Waals surface area contributed by atoms with Crippen LogP contribution in [0.4, 0.5) is 10.5 Å². The first kappa shape index (κ1) is 25.3. The summed E-state index contributed by atoms with van der Waals surface area (Å²) in [7, 11) is -3.72. The van der Waals surface area contributed by atoms with Gasteiger partial charge in [0.2, 0.25) is 0 Å². The summed E-state index contributed by atoms with van der Waals surface area (Å²) in [5.41, 5.74) is 3.27. The summed E-state index contributed by atoms with van der Waals surface area (Å²) in [6, 6.07) is 18.7. The van der Waals surface area contributed by atoms with Crippen LogP contribution in [0.2, 0.25) is 0 Å². The van der Waals surface area contributed by atoms with E-state index < -0.39 is 45.3 Å². The number of hydrogen-bond acceptors (Lipinski definition) is 8. The van der Waals surface area contributed by atoms with Crippen molar-refractivity contribution in [2.75, 3.05) is 19.4 Å². The monoisotopic (exact) mass is 512 g/mol. The summed E-state index contributed by atoms with van der Waals surface area (Å²) in [5, 5.41) is 34.5. The van der Waals surface area contributed by atoms with Crippen molar-refractivity contribution in [3.8, 4) is 11.1 Å². The molecule has 0 fully saturated rings. The number of carbonyl (C=O) groups is 1. The normalized spacial score (nSPS) is 14.4. The fraction of sp³-hybridized carbons (Fsp3) is 0.240. The molecule has 0 radical (unpaired) electrons. The number of sulfone groups is 1. The molecule has 0 saturated heterocycles. The highest BCUT2D eigenvalue weighted by Gasteiger charge is 2.30. The summed E-state index contributed by atoms with van der Waals surface area (Å²) in [4.78, 5) is 22.6. The van der Waals surface area contributed by atoms with Crippen LogP contribution in [0.1, 0.15) is 28.7 Å². The lowest BCUT2D eigenvalue weighted by Gasteiger charge is -2.19. The third-order valence-corrected chi connectivity index (χ3v) is 7.22. The number of aliphatic hydroxyl groups is 2. The first-order valence-electron chi connectivity index (χ1n) is 11.0. The van der Waals surface area contributed by atoms with E-state index >= 15 is 0 Å². The van der Waals surface area contributed by atoms with Gasteiger partial charge in [0.1, 0.15) is 18.8 Å². The number of nitrogens with one attached hydrogen (secondary N) is 1. The number of carbonyl (C=O) groups excluding carboxylic acids is 1. The van der Waals surface area contributed by atoms with Crippen molar-refractivity contribution < 1.29 is 33.1 Å². The van der Waals surface area contributed by atoms with E-state index in [0.717, 1.165) is 46.7 Å². The number of nitro benzene ring substituents is 1. The van der Waals surface area contributed by atoms with Gasteiger partial charge in [-0.05, 0) is 34.4 Å². The highest BCUT2D eigenvalue weighted by Crippen LogP contribution is 2.44. The molecule has 1 amide bonds. The molecule has 188 valence electrons. The van der Waals surface area contributed by atoms with Crippen LogP contribution in [0, 0.1) is 10.1 Å². The van der Waals surface area contributed by atoms with Crippen molar-refractivity contribution in [3.05, 3.63) is 93.5 Å². The van der Waals surface area contributed by atoms with Crippen LogP contribution >= 0.6 is 0 Å². The summed E-state index contributed by atoms with van der Waals surface area (Å²) in [6.07, 6.45) is -3.30. The van der Waals surface area contributed by atoms with Gasteiger partial charge in [0.25, 0.3) is 5.69 Å². The number of fused-ring (bicyclic) bond motifs is 3. The summed E-state index contributed by atoms with van der Waals surface area (Å²) >= 11 is 0. The Morgan fingerprint density at radius 3 is 2.19 bits per heavy atom. The Morgan fingerprint density at radius 2 is 1.64 bits per heavy atom. The molecule has 3 aromatic rings. The SMILES string of the molecule is CS(=O)(=O)c1ccc(C(O)C(O)CNC(=O)OCC2c3ccccc3-c3ccccc32)c([N+](=O)[O-])c1. The molecule has 1 aliphatic carbocycles. The average molecular weight is 513 g/mol. The van der Waals surface area contributed by atoms with Gasteiger partial charge in [-0.1, -0.05) is 48.5 Å². The maximum absolute atomic E-state index is 12.3. The van der Waals surface area contributed by atoms with Gasteiger partial charge in [-0.25, -0.2) is 13.2 Å². The van der Waals surface area contributed by atoms with Crippen molar-refractivity contribution >= 4 is 21.6 Å². The molecule has 0 spiro atoms. The Balaban J connectivity index is 1.39. The van der Waals surface area contributed by atoms with Gasteiger partial charge in [0, 0.05) is 24.8 Å². The van der Waals surface area contributed by atoms with Gasteiger partial charge in [-0.15, -0.1) is 0 Å². The zero-order chi connectivity index (χ0) is 26.0. The van der Waals surface area contributed by atoms with Crippen LogP contribution < -0.4 is 5.32 Å². The Bertz CT molecular complexity index is 1380. The lowest BCUT2D eigenvalue weighted by molar-refractivity contribution is -0.386. The smallest absolute Gasteiger partial charge is 0.407 e. The Hall–Kier alpha value is -3.80. The zero-order valence-electron chi connectivity index (χ0n) is 19.2. The molecular weight excluding hydrogens is 488 g/mol. The Morgan fingerprint density at radius 1 is 1.06 bits per heavy atom. The molecule has 3 N–H and O–H groups in total. The predicted octanol–water partition coefficient (Wildman–Crippen LogP) is 2.93. The van der Waals surface area contributed by atoms with Gasteiger partial charge < -0.3 is 20.3 Å². The first-order chi connectivity index (χ1) is 17.1. The summed E-state index contributed by atoms with van der Waals surface area (Å²) < 4.78 is 28.8. The number of rotatable bonds is 8. The molecule has 0 heterocycles. The Kier molecular flexibility index (Phi) is 7.07. The van der Waals surface area contributed by atoms with E-state index in [0.29, 0.717) is 0 Å². The van der Waals surface area contributed by atoms with Crippen LogP contribution in [0.25, 0.3) is 11.1 Å². The van der Waals surface area contributed by atoms with E-state index in [9.17, 15) is 33.5 Å².